The van der Waals surface area contributed by atoms with E-state index >= 15 is 0 Å². The summed E-state index contributed by atoms with van der Waals surface area (Å²) in [5, 5.41) is 0. The Balaban J connectivity index is 2.04. The van der Waals surface area contributed by atoms with Crippen molar-refractivity contribution in [3.63, 3.8) is 0 Å². The first-order valence-electron chi connectivity index (χ1n) is 8.17. The minimum absolute atomic E-state index is 0.0864. The number of carbonyl (C=O) groups excluding carboxylic acids is 1. The van der Waals surface area contributed by atoms with Crippen LogP contribution in [0.3, 0.4) is 0 Å². The second kappa shape index (κ2) is 8.02. The number of hydrogen-bond donors (Lipinski definition) is 0. The van der Waals surface area contributed by atoms with E-state index in [-0.39, 0.29) is 11.8 Å². The highest BCUT2D eigenvalue weighted by Gasteiger charge is 2.15. The first kappa shape index (κ1) is 18.1. The monoisotopic (exact) mass is 326 g/mol. The molecule has 2 aromatic rings. The molecule has 0 atom stereocenters. The molecule has 5 nitrogen and oxygen atoms in total. The summed E-state index contributed by atoms with van der Waals surface area (Å²) in [5.74, 6) is 0.811. The van der Waals surface area contributed by atoms with Gasteiger partial charge < -0.3 is 9.80 Å². The molecular formula is C19H26N4O. The molecule has 1 heterocycles. The number of amides is 1. The van der Waals surface area contributed by atoms with E-state index < -0.39 is 0 Å². The Morgan fingerprint density at radius 2 is 1.58 bits per heavy atom. The molecule has 5 heteroatoms. The molecule has 0 N–H and O–H groups in total. The molecule has 0 fully saturated rings. The molecule has 0 radical (unpaired) electrons. The molecule has 0 spiro atoms. The summed E-state index contributed by atoms with van der Waals surface area (Å²) in [4.78, 5) is 25.0. The van der Waals surface area contributed by atoms with Gasteiger partial charge in [-0.25, -0.2) is 9.97 Å². The predicted molar refractivity (Wildman–Crippen MR) is 95.8 cm³/mol. The first-order chi connectivity index (χ1) is 11.4. The van der Waals surface area contributed by atoms with E-state index in [0.29, 0.717) is 18.1 Å². The third-order valence-electron chi connectivity index (χ3n) is 3.70. The van der Waals surface area contributed by atoms with Crippen molar-refractivity contribution in [2.75, 3.05) is 21.1 Å². The van der Waals surface area contributed by atoms with Gasteiger partial charge in [0.1, 0.15) is 11.5 Å². The number of rotatable bonds is 6. The minimum Gasteiger partial charge on any atom is -0.336 e. The van der Waals surface area contributed by atoms with E-state index in [2.05, 4.69) is 39.1 Å². The Hall–Kier alpha value is -2.27. The quantitative estimate of drug-likeness (QED) is 0.819. The van der Waals surface area contributed by atoms with Gasteiger partial charge in [-0.3, -0.25) is 4.79 Å². The van der Waals surface area contributed by atoms with Crippen molar-refractivity contribution in [3.05, 3.63) is 59.2 Å². The lowest BCUT2D eigenvalue weighted by Crippen LogP contribution is -2.27. The zero-order valence-electron chi connectivity index (χ0n) is 15.2. The molecule has 0 aliphatic heterocycles. The highest BCUT2D eigenvalue weighted by atomic mass is 16.2. The molecule has 1 amide bonds. The largest absolute Gasteiger partial charge is 0.336 e. The third kappa shape index (κ3) is 4.86. The van der Waals surface area contributed by atoms with Gasteiger partial charge in [0, 0.05) is 32.3 Å². The lowest BCUT2D eigenvalue weighted by atomic mass is 10.1. The van der Waals surface area contributed by atoms with Crippen molar-refractivity contribution >= 4 is 5.91 Å². The fraction of sp³-hybridized carbons (Fsp3) is 0.421. The van der Waals surface area contributed by atoms with Gasteiger partial charge >= 0.3 is 0 Å². The molecule has 0 saturated carbocycles. The smallest absolute Gasteiger partial charge is 0.272 e. The molecule has 128 valence electrons. The Morgan fingerprint density at radius 1 is 1.00 bits per heavy atom. The molecule has 0 saturated heterocycles. The maximum Gasteiger partial charge on any atom is 0.272 e. The molecule has 0 aliphatic rings. The minimum atomic E-state index is -0.0864. The summed E-state index contributed by atoms with van der Waals surface area (Å²) < 4.78 is 0. The predicted octanol–water partition coefficient (Wildman–Crippen LogP) is 2.93. The van der Waals surface area contributed by atoms with E-state index in [4.69, 9.17) is 0 Å². The van der Waals surface area contributed by atoms with Crippen molar-refractivity contribution in [3.8, 4) is 0 Å². The fourth-order valence-corrected chi connectivity index (χ4v) is 2.43. The molecule has 0 bridgehead atoms. The van der Waals surface area contributed by atoms with Gasteiger partial charge in [0.05, 0.1) is 0 Å². The van der Waals surface area contributed by atoms with Crippen LogP contribution in [0.2, 0.25) is 0 Å². The van der Waals surface area contributed by atoms with Gasteiger partial charge in [-0.1, -0.05) is 38.1 Å². The Labute approximate surface area is 144 Å². The standard InChI is InChI=1S/C19H26N4O/c1-14(2)18-20-11-10-17(21-18)19(24)23(5)13-16-8-6-15(7-9-16)12-22(3)4/h6-11,14H,12-13H2,1-5H3. The van der Waals surface area contributed by atoms with Gasteiger partial charge in [0.25, 0.3) is 5.91 Å². The summed E-state index contributed by atoms with van der Waals surface area (Å²) in [6.45, 7) is 5.50. The number of hydrogen-bond acceptors (Lipinski definition) is 4. The fourth-order valence-electron chi connectivity index (χ4n) is 2.43. The molecule has 2 rings (SSSR count). The van der Waals surface area contributed by atoms with E-state index in [1.54, 1.807) is 24.2 Å². The lowest BCUT2D eigenvalue weighted by molar-refractivity contribution is 0.0778. The number of nitrogens with zero attached hydrogens (tertiary/aromatic N) is 4. The molecule has 1 aromatic heterocycles. The van der Waals surface area contributed by atoms with Crippen LogP contribution in [0.25, 0.3) is 0 Å². The maximum atomic E-state index is 12.6. The van der Waals surface area contributed by atoms with Crippen molar-refractivity contribution < 1.29 is 4.79 Å². The van der Waals surface area contributed by atoms with Crippen LogP contribution in [0.5, 0.6) is 0 Å². The highest BCUT2D eigenvalue weighted by molar-refractivity contribution is 5.92. The van der Waals surface area contributed by atoms with Crippen LogP contribution in [-0.2, 0) is 13.1 Å². The van der Waals surface area contributed by atoms with Crippen molar-refractivity contribution in [1.82, 2.24) is 19.8 Å². The summed E-state index contributed by atoms with van der Waals surface area (Å²) in [6, 6.07) is 10.0. The van der Waals surface area contributed by atoms with Crippen LogP contribution in [0.4, 0.5) is 0 Å². The van der Waals surface area contributed by atoms with Gasteiger partial charge in [0.2, 0.25) is 0 Å². The van der Waals surface area contributed by atoms with Crippen LogP contribution in [0.15, 0.2) is 36.5 Å². The summed E-state index contributed by atoms with van der Waals surface area (Å²) in [6.07, 6.45) is 1.65. The second-order valence-electron chi connectivity index (χ2n) is 6.67. The van der Waals surface area contributed by atoms with E-state index in [9.17, 15) is 4.79 Å². The zero-order valence-corrected chi connectivity index (χ0v) is 15.2. The first-order valence-corrected chi connectivity index (χ1v) is 8.17. The summed E-state index contributed by atoms with van der Waals surface area (Å²) in [7, 11) is 5.90. The Kier molecular flexibility index (Phi) is 6.04. The molecule has 24 heavy (non-hydrogen) atoms. The Bertz CT molecular complexity index is 680. The van der Waals surface area contributed by atoms with Crippen LogP contribution in [-0.4, -0.2) is 46.8 Å². The van der Waals surface area contributed by atoms with E-state index in [0.717, 1.165) is 12.1 Å². The summed E-state index contributed by atoms with van der Waals surface area (Å²) >= 11 is 0. The van der Waals surface area contributed by atoms with Crippen molar-refractivity contribution in [1.29, 1.82) is 0 Å². The third-order valence-corrected chi connectivity index (χ3v) is 3.70. The molecule has 0 aliphatic carbocycles. The van der Waals surface area contributed by atoms with Gasteiger partial charge in [-0.2, -0.15) is 0 Å². The average molecular weight is 326 g/mol. The maximum absolute atomic E-state index is 12.6. The van der Waals surface area contributed by atoms with Crippen LogP contribution in [0, 0.1) is 0 Å². The average Bonchev–Trinajstić information content (AvgIpc) is 2.55. The van der Waals surface area contributed by atoms with Gasteiger partial charge in [-0.05, 0) is 31.3 Å². The number of benzene rings is 1. The molecular weight excluding hydrogens is 300 g/mol. The zero-order chi connectivity index (χ0) is 17.7. The van der Waals surface area contributed by atoms with Gasteiger partial charge in [0.15, 0.2) is 0 Å². The SMILES string of the molecule is CC(C)c1nccc(C(=O)N(C)Cc2ccc(CN(C)C)cc2)n1. The van der Waals surface area contributed by atoms with Crippen molar-refractivity contribution in [2.24, 2.45) is 0 Å². The topological polar surface area (TPSA) is 49.3 Å². The lowest BCUT2D eigenvalue weighted by Gasteiger charge is -2.18. The van der Waals surface area contributed by atoms with E-state index in [1.165, 1.54) is 5.56 Å². The van der Waals surface area contributed by atoms with Gasteiger partial charge in [-0.15, -0.1) is 0 Å². The van der Waals surface area contributed by atoms with Crippen LogP contribution < -0.4 is 0 Å². The van der Waals surface area contributed by atoms with E-state index in [1.807, 2.05) is 27.9 Å². The second-order valence-corrected chi connectivity index (χ2v) is 6.67. The summed E-state index contributed by atoms with van der Waals surface area (Å²) in [5.41, 5.74) is 2.81. The van der Waals surface area contributed by atoms with Crippen LogP contribution >= 0.6 is 0 Å². The Morgan fingerprint density at radius 3 is 2.12 bits per heavy atom. The molecule has 0 unspecified atom stereocenters. The van der Waals surface area contributed by atoms with Crippen molar-refractivity contribution in [2.45, 2.75) is 32.9 Å². The molecule has 1 aromatic carbocycles. The number of carbonyl (C=O) groups is 1. The normalized spacial score (nSPS) is 11.1. The van der Waals surface area contributed by atoms with Crippen LogP contribution in [0.1, 0.15) is 47.2 Å². The number of aromatic nitrogens is 2. The highest BCUT2D eigenvalue weighted by Crippen LogP contribution is 2.12.